The average molecular weight is 215 g/mol. The SMILES string of the molecule is CC(C)C1CCC(=Cc2cccnc2)CC1. The fraction of sp³-hybridized carbons (Fsp3) is 0.533. The van der Waals surface area contributed by atoms with E-state index in [1.165, 1.54) is 31.2 Å². The second kappa shape index (κ2) is 5.29. The van der Waals surface area contributed by atoms with Gasteiger partial charge in [0.05, 0.1) is 0 Å². The van der Waals surface area contributed by atoms with Gasteiger partial charge in [-0.3, -0.25) is 4.98 Å². The van der Waals surface area contributed by atoms with Gasteiger partial charge in [-0.25, -0.2) is 0 Å². The van der Waals surface area contributed by atoms with E-state index >= 15 is 0 Å². The van der Waals surface area contributed by atoms with Crippen molar-refractivity contribution in [3.8, 4) is 0 Å². The van der Waals surface area contributed by atoms with E-state index in [4.69, 9.17) is 0 Å². The van der Waals surface area contributed by atoms with Gasteiger partial charge in [-0.1, -0.05) is 31.6 Å². The largest absolute Gasteiger partial charge is 0.264 e. The molecule has 0 radical (unpaired) electrons. The van der Waals surface area contributed by atoms with E-state index in [1.54, 1.807) is 5.57 Å². The minimum absolute atomic E-state index is 0.847. The van der Waals surface area contributed by atoms with Crippen molar-refractivity contribution < 1.29 is 0 Å². The molecule has 0 N–H and O–H groups in total. The summed E-state index contributed by atoms with van der Waals surface area (Å²) < 4.78 is 0. The van der Waals surface area contributed by atoms with Gasteiger partial charge in [0.1, 0.15) is 0 Å². The monoisotopic (exact) mass is 215 g/mol. The van der Waals surface area contributed by atoms with Crippen molar-refractivity contribution in [3.63, 3.8) is 0 Å². The highest BCUT2D eigenvalue weighted by atomic mass is 14.6. The molecule has 0 aromatic carbocycles. The van der Waals surface area contributed by atoms with Crippen molar-refractivity contribution in [1.82, 2.24) is 4.98 Å². The molecule has 1 heterocycles. The molecule has 86 valence electrons. The highest BCUT2D eigenvalue weighted by molar-refractivity contribution is 5.51. The van der Waals surface area contributed by atoms with Crippen molar-refractivity contribution in [1.29, 1.82) is 0 Å². The van der Waals surface area contributed by atoms with Gasteiger partial charge in [0.2, 0.25) is 0 Å². The molecule has 1 nitrogen and oxygen atoms in total. The summed E-state index contributed by atoms with van der Waals surface area (Å²) in [7, 11) is 0. The van der Waals surface area contributed by atoms with Gasteiger partial charge in [-0.2, -0.15) is 0 Å². The van der Waals surface area contributed by atoms with Crippen LogP contribution >= 0.6 is 0 Å². The summed E-state index contributed by atoms with van der Waals surface area (Å²) in [6.45, 7) is 4.70. The summed E-state index contributed by atoms with van der Waals surface area (Å²) in [4.78, 5) is 4.15. The minimum Gasteiger partial charge on any atom is -0.264 e. The third-order valence-electron chi connectivity index (χ3n) is 3.67. The van der Waals surface area contributed by atoms with E-state index in [0.717, 1.165) is 11.8 Å². The maximum Gasteiger partial charge on any atom is 0.0340 e. The lowest BCUT2D eigenvalue weighted by atomic mass is 9.79. The van der Waals surface area contributed by atoms with Crippen molar-refractivity contribution in [2.24, 2.45) is 11.8 Å². The van der Waals surface area contributed by atoms with E-state index in [-0.39, 0.29) is 0 Å². The zero-order valence-electron chi connectivity index (χ0n) is 10.3. The minimum atomic E-state index is 0.847. The Hall–Kier alpha value is -1.11. The first kappa shape index (κ1) is 11.4. The van der Waals surface area contributed by atoms with Gasteiger partial charge < -0.3 is 0 Å². The first-order chi connectivity index (χ1) is 7.75. The van der Waals surface area contributed by atoms with Gasteiger partial charge in [0, 0.05) is 12.4 Å². The van der Waals surface area contributed by atoms with E-state index in [2.05, 4.69) is 31.0 Å². The molecule has 0 spiro atoms. The molecule has 0 bridgehead atoms. The number of rotatable bonds is 2. The van der Waals surface area contributed by atoms with Crippen LogP contribution in [0, 0.1) is 11.8 Å². The maximum absolute atomic E-state index is 4.15. The smallest absolute Gasteiger partial charge is 0.0340 e. The van der Waals surface area contributed by atoms with Crippen LogP contribution in [-0.2, 0) is 0 Å². The van der Waals surface area contributed by atoms with Crippen LogP contribution in [0.2, 0.25) is 0 Å². The Kier molecular flexibility index (Phi) is 3.76. The molecule has 1 aliphatic carbocycles. The van der Waals surface area contributed by atoms with E-state index in [0.29, 0.717) is 0 Å². The van der Waals surface area contributed by atoms with Crippen LogP contribution in [0.3, 0.4) is 0 Å². The van der Waals surface area contributed by atoms with Crippen molar-refractivity contribution in [2.75, 3.05) is 0 Å². The molecule has 1 aromatic heterocycles. The molecule has 16 heavy (non-hydrogen) atoms. The molecule has 1 saturated carbocycles. The quantitative estimate of drug-likeness (QED) is 0.716. The van der Waals surface area contributed by atoms with Crippen molar-refractivity contribution in [3.05, 3.63) is 35.7 Å². The van der Waals surface area contributed by atoms with Gasteiger partial charge in [-0.05, 0) is 49.1 Å². The second-order valence-electron chi connectivity index (χ2n) is 5.17. The molecule has 0 amide bonds. The number of hydrogen-bond donors (Lipinski definition) is 0. The van der Waals surface area contributed by atoms with Crippen LogP contribution in [0.25, 0.3) is 6.08 Å². The lowest BCUT2D eigenvalue weighted by Gasteiger charge is -2.26. The van der Waals surface area contributed by atoms with Gasteiger partial charge >= 0.3 is 0 Å². The third kappa shape index (κ3) is 2.94. The number of pyridine rings is 1. The molecule has 0 unspecified atom stereocenters. The number of hydrogen-bond acceptors (Lipinski definition) is 1. The molecule has 0 atom stereocenters. The molecule has 1 heteroatoms. The van der Waals surface area contributed by atoms with Crippen LogP contribution < -0.4 is 0 Å². The Balaban J connectivity index is 1.97. The van der Waals surface area contributed by atoms with Crippen LogP contribution in [0.5, 0.6) is 0 Å². The number of aromatic nitrogens is 1. The van der Waals surface area contributed by atoms with E-state index in [1.807, 2.05) is 18.5 Å². The zero-order valence-corrected chi connectivity index (χ0v) is 10.3. The van der Waals surface area contributed by atoms with Crippen LogP contribution in [0.4, 0.5) is 0 Å². The number of allylic oxidation sites excluding steroid dienone is 1. The van der Waals surface area contributed by atoms with E-state index in [9.17, 15) is 0 Å². The molecule has 1 aromatic rings. The standard InChI is InChI=1S/C15H21N/c1-12(2)15-7-5-13(6-8-15)10-14-4-3-9-16-11-14/h3-4,9-12,15H,5-8H2,1-2H3. The van der Waals surface area contributed by atoms with Crippen molar-refractivity contribution >= 4 is 6.08 Å². The van der Waals surface area contributed by atoms with E-state index < -0.39 is 0 Å². The molecule has 1 fully saturated rings. The summed E-state index contributed by atoms with van der Waals surface area (Å²) in [5.41, 5.74) is 2.85. The molecule has 0 aliphatic heterocycles. The molecule has 2 rings (SSSR count). The summed E-state index contributed by atoms with van der Waals surface area (Å²) in [6.07, 6.45) is 11.4. The normalized spacial score (nSPS) is 21.2. The Morgan fingerprint density at radius 1 is 1.31 bits per heavy atom. The molecule has 1 aliphatic rings. The molecular formula is C15H21N. The predicted octanol–water partition coefficient (Wildman–Crippen LogP) is 4.31. The number of nitrogens with zero attached hydrogens (tertiary/aromatic N) is 1. The Morgan fingerprint density at radius 3 is 2.62 bits per heavy atom. The summed E-state index contributed by atoms with van der Waals surface area (Å²) >= 11 is 0. The van der Waals surface area contributed by atoms with Crippen LogP contribution in [0.1, 0.15) is 45.1 Å². The zero-order chi connectivity index (χ0) is 11.4. The Morgan fingerprint density at radius 2 is 2.06 bits per heavy atom. The highest BCUT2D eigenvalue weighted by Gasteiger charge is 2.18. The third-order valence-corrected chi connectivity index (χ3v) is 3.67. The van der Waals surface area contributed by atoms with Crippen LogP contribution in [0.15, 0.2) is 30.1 Å². The lowest BCUT2D eigenvalue weighted by Crippen LogP contribution is -2.13. The highest BCUT2D eigenvalue weighted by Crippen LogP contribution is 2.33. The van der Waals surface area contributed by atoms with Gasteiger partial charge in [0.15, 0.2) is 0 Å². The first-order valence-corrected chi connectivity index (χ1v) is 6.35. The Bertz CT molecular complexity index is 341. The summed E-state index contributed by atoms with van der Waals surface area (Å²) in [6, 6.07) is 4.14. The van der Waals surface area contributed by atoms with Crippen molar-refractivity contribution in [2.45, 2.75) is 39.5 Å². The summed E-state index contributed by atoms with van der Waals surface area (Å²) in [5.74, 6) is 1.78. The van der Waals surface area contributed by atoms with Gasteiger partial charge in [0.25, 0.3) is 0 Å². The van der Waals surface area contributed by atoms with Gasteiger partial charge in [-0.15, -0.1) is 0 Å². The average Bonchev–Trinajstić information content (AvgIpc) is 2.31. The lowest BCUT2D eigenvalue weighted by molar-refractivity contribution is 0.312. The Labute approximate surface area is 98.6 Å². The summed E-state index contributed by atoms with van der Waals surface area (Å²) in [5, 5.41) is 0. The predicted molar refractivity (Wildman–Crippen MR) is 69.0 cm³/mol. The molecule has 0 saturated heterocycles. The molecular weight excluding hydrogens is 194 g/mol. The topological polar surface area (TPSA) is 12.9 Å². The fourth-order valence-electron chi connectivity index (χ4n) is 2.52. The first-order valence-electron chi connectivity index (χ1n) is 6.35. The fourth-order valence-corrected chi connectivity index (χ4v) is 2.52. The maximum atomic E-state index is 4.15. The van der Waals surface area contributed by atoms with Crippen LogP contribution in [-0.4, -0.2) is 4.98 Å². The second-order valence-corrected chi connectivity index (χ2v) is 5.17.